The van der Waals surface area contributed by atoms with Gasteiger partial charge in [-0.15, -0.1) is 0 Å². The highest BCUT2D eigenvalue weighted by molar-refractivity contribution is 5.90. The molecule has 0 radical (unpaired) electrons. The largest absolute Gasteiger partial charge is 0.477 e. The van der Waals surface area contributed by atoms with Gasteiger partial charge in [0.1, 0.15) is 0 Å². The molecule has 2 aliphatic rings. The molecule has 1 amide bonds. The third kappa shape index (κ3) is 3.19. The first-order chi connectivity index (χ1) is 12.3. The number of nitrogens with zero attached hydrogens (tertiary/aromatic N) is 4. The fourth-order valence-electron chi connectivity index (χ4n) is 3.63. The van der Waals surface area contributed by atoms with Gasteiger partial charge < -0.3 is 14.4 Å². The molecule has 2 atom stereocenters. The van der Waals surface area contributed by atoms with E-state index in [1.807, 2.05) is 23.1 Å². The van der Waals surface area contributed by atoms with Crippen molar-refractivity contribution >= 4 is 5.91 Å². The smallest absolute Gasteiger partial charge is 0.291 e. The molecule has 2 aromatic rings. The van der Waals surface area contributed by atoms with Crippen LogP contribution in [0.2, 0.25) is 0 Å². The van der Waals surface area contributed by atoms with E-state index in [9.17, 15) is 4.79 Å². The van der Waals surface area contributed by atoms with Gasteiger partial charge in [-0.05, 0) is 25.0 Å². The Kier molecular flexibility index (Phi) is 4.31. The van der Waals surface area contributed by atoms with Crippen molar-refractivity contribution in [3.8, 4) is 5.88 Å². The van der Waals surface area contributed by atoms with Gasteiger partial charge in [0.15, 0.2) is 0 Å². The number of piperidine rings is 1. The number of amides is 1. The maximum Gasteiger partial charge on any atom is 0.291 e. The molecule has 0 aromatic carbocycles. The molecule has 0 spiro atoms. The maximum atomic E-state index is 12.7. The fraction of sp³-hybridized carbons (Fsp3) is 0.444. The summed E-state index contributed by atoms with van der Waals surface area (Å²) in [6.07, 6.45) is 6.65. The lowest BCUT2D eigenvalue weighted by Crippen LogP contribution is -2.54. The van der Waals surface area contributed by atoms with Crippen LogP contribution in [0, 0.1) is 5.41 Å². The van der Waals surface area contributed by atoms with Crippen molar-refractivity contribution in [1.82, 2.24) is 19.9 Å². The van der Waals surface area contributed by atoms with Crippen molar-refractivity contribution in [3.63, 3.8) is 0 Å². The van der Waals surface area contributed by atoms with Crippen molar-refractivity contribution < 1.29 is 14.3 Å². The van der Waals surface area contributed by atoms with Gasteiger partial charge in [0.05, 0.1) is 18.1 Å². The lowest BCUT2D eigenvalue weighted by Gasteiger charge is -2.42. The fourth-order valence-corrected chi connectivity index (χ4v) is 3.63. The molecule has 0 bridgehead atoms. The molecular formula is C18H20N4O3. The second-order valence-electron chi connectivity index (χ2n) is 6.52. The minimum absolute atomic E-state index is 0.108. The van der Waals surface area contributed by atoms with Crippen LogP contribution in [-0.2, 0) is 4.74 Å². The van der Waals surface area contributed by atoms with E-state index in [0.717, 1.165) is 12.8 Å². The van der Waals surface area contributed by atoms with E-state index in [2.05, 4.69) is 15.0 Å². The van der Waals surface area contributed by atoms with Crippen LogP contribution in [0.3, 0.4) is 0 Å². The Morgan fingerprint density at radius 2 is 2.08 bits per heavy atom. The predicted molar refractivity (Wildman–Crippen MR) is 89.1 cm³/mol. The molecule has 0 unspecified atom stereocenters. The van der Waals surface area contributed by atoms with Crippen LogP contribution in [0.5, 0.6) is 5.88 Å². The van der Waals surface area contributed by atoms with E-state index in [1.165, 1.54) is 0 Å². The summed E-state index contributed by atoms with van der Waals surface area (Å²) in [7, 11) is 0. The summed E-state index contributed by atoms with van der Waals surface area (Å²) in [6, 6.07) is 7.29. The van der Waals surface area contributed by atoms with Gasteiger partial charge in [0, 0.05) is 44.4 Å². The molecular weight excluding hydrogens is 320 g/mol. The Balaban J connectivity index is 1.50. The van der Waals surface area contributed by atoms with Gasteiger partial charge in [-0.25, -0.2) is 15.0 Å². The van der Waals surface area contributed by atoms with Gasteiger partial charge in [-0.2, -0.15) is 0 Å². The van der Waals surface area contributed by atoms with Crippen LogP contribution in [0.15, 0.2) is 42.9 Å². The summed E-state index contributed by atoms with van der Waals surface area (Å²) < 4.78 is 11.8. The normalized spacial score (nSPS) is 25.4. The number of aromatic nitrogens is 3. The Hall–Kier alpha value is -2.54. The van der Waals surface area contributed by atoms with Crippen molar-refractivity contribution in [2.24, 2.45) is 5.41 Å². The Morgan fingerprint density at radius 3 is 2.88 bits per heavy atom. The highest BCUT2D eigenvalue weighted by atomic mass is 16.5. The number of fused-ring (bicyclic) bond motifs is 1. The average Bonchev–Trinajstić information content (AvgIpc) is 3.11. The number of hydrogen-bond donors (Lipinski definition) is 0. The molecule has 0 N–H and O–H groups in total. The standard InChI is InChI=1S/C18H20N4O3/c23-17(16-20-8-3-9-21-16)22-10-5-14-18(12-22,6-11-24-14)13-25-15-4-1-2-7-19-15/h1-4,7-9,14H,5-6,10-13H2/t14-,18+/m1/s1. The highest BCUT2D eigenvalue weighted by Gasteiger charge is 2.49. The molecule has 4 heterocycles. The number of pyridine rings is 1. The second-order valence-corrected chi connectivity index (χ2v) is 6.52. The van der Waals surface area contributed by atoms with Gasteiger partial charge in [0.25, 0.3) is 5.91 Å². The van der Waals surface area contributed by atoms with Crippen molar-refractivity contribution in [2.45, 2.75) is 18.9 Å². The van der Waals surface area contributed by atoms with E-state index in [0.29, 0.717) is 32.2 Å². The molecule has 130 valence electrons. The molecule has 0 saturated carbocycles. The Bertz CT molecular complexity index is 728. The summed E-state index contributed by atoms with van der Waals surface area (Å²) in [4.78, 5) is 26.9. The van der Waals surface area contributed by atoms with Crippen LogP contribution in [-0.4, -0.2) is 58.2 Å². The minimum atomic E-state index is -0.208. The summed E-state index contributed by atoms with van der Waals surface area (Å²) >= 11 is 0. The first kappa shape index (κ1) is 16.0. The van der Waals surface area contributed by atoms with E-state index < -0.39 is 0 Å². The van der Waals surface area contributed by atoms with Crippen molar-refractivity contribution in [2.75, 3.05) is 26.3 Å². The van der Waals surface area contributed by atoms with Crippen LogP contribution in [0.4, 0.5) is 0 Å². The summed E-state index contributed by atoms with van der Waals surface area (Å²) in [5, 5.41) is 0. The lowest BCUT2D eigenvalue weighted by atomic mass is 9.77. The lowest BCUT2D eigenvalue weighted by molar-refractivity contribution is -0.0334. The number of rotatable bonds is 4. The Morgan fingerprint density at radius 1 is 1.24 bits per heavy atom. The zero-order valence-corrected chi connectivity index (χ0v) is 13.9. The van der Waals surface area contributed by atoms with Crippen molar-refractivity contribution in [1.29, 1.82) is 0 Å². The van der Waals surface area contributed by atoms with Crippen LogP contribution in [0.1, 0.15) is 23.5 Å². The third-order valence-corrected chi connectivity index (χ3v) is 4.96. The zero-order valence-electron chi connectivity index (χ0n) is 13.9. The topological polar surface area (TPSA) is 77.4 Å². The monoisotopic (exact) mass is 340 g/mol. The molecule has 7 heteroatoms. The Labute approximate surface area is 146 Å². The molecule has 2 aromatic heterocycles. The van der Waals surface area contributed by atoms with E-state index in [1.54, 1.807) is 24.7 Å². The second kappa shape index (κ2) is 6.76. The molecule has 2 saturated heterocycles. The predicted octanol–water partition coefficient (Wildman–Crippen LogP) is 1.57. The SMILES string of the molecule is O=C(c1ncccn1)N1CC[C@H]2OCC[C@@]2(COc2ccccn2)C1. The van der Waals surface area contributed by atoms with Gasteiger partial charge in [-0.3, -0.25) is 4.79 Å². The number of ether oxygens (including phenoxy) is 2. The summed E-state index contributed by atoms with van der Waals surface area (Å²) in [5.74, 6) is 0.696. The van der Waals surface area contributed by atoms with Crippen LogP contribution < -0.4 is 4.74 Å². The number of likely N-dealkylation sites (tertiary alicyclic amines) is 1. The van der Waals surface area contributed by atoms with Gasteiger partial charge >= 0.3 is 0 Å². The maximum absolute atomic E-state index is 12.7. The summed E-state index contributed by atoms with van der Waals surface area (Å²) in [6.45, 7) is 2.41. The molecule has 4 rings (SSSR count). The first-order valence-corrected chi connectivity index (χ1v) is 8.49. The van der Waals surface area contributed by atoms with E-state index >= 15 is 0 Å². The van der Waals surface area contributed by atoms with E-state index in [4.69, 9.17) is 9.47 Å². The van der Waals surface area contributed by atoms with Crippen LogP contribution >= 0.6 is 0 Å². The van der Waals surface area contributed by atoms with Crippen molar-refractivity contribution in [3.05, 3.63) is 48.7 Å². The molecule has 2 aliphatic heterocycles. The third-order valence-electron chi connectivity index (χ3n) is 4.96. The number of carbonyl (C=O) groups excluding carboxylic acids is 1. The van der Waals surface area contributed by atoms with Gasteiger partial charge in [0.2, 0.25) is 11.7 Å². The molecule has 25 heavy (non-hydrogen) atoms. The van der Waals surface area contributed by atoms with Crippen LogP contribution in [0.25, 0.3) is 0 Å². The molecule has 2 fully saturated rings. The number of hydrogen-bond acceptors (Lipinski definition) is 6. The van der Waals surface area contributed by atoms with Gasteiger partial charge in [-0.1, -0.05) is 6.07 Å². The summed E-state index contributed by atoms with van der Waals surface area (Å²) in [5.41, 5.74) is -0.208. The average molecular weight is 340 g/mol. The zero-order chi connectivity index (χ0) is 17.1. The highest BCUT2D eigenvalue weighted by Crippen LogP contribution is 2.41. The first-order valence-electron chi connectivity index (χ1n) is 8.49. The molecule has 7 nitrogen and oxygen atoms in total. The minimum Gasteiger partial charge on any atom is -0.477 e. The quantitative estimate of drug-likeness (QED) is 0.841. The molecule has 0 aliphatic carbocycles. The number of carbonyl (C=O) groups is 1. The van der Waals surface area contributed by atoms with E-state index in [-0.39, 0.29) is 23.3 Å².